The fraction of sp³-hybridized carbons (Fsp3) is 0.706. The number of aliphatic imine (C=N–C) groups is 1. The molecule has 1 saturated carbocycles. The minimum absolute atomic E-state index is 0.583. The summed E-state index contributed by atoms with van der Waals surface area (Å²) < 4.78 is 0. The highest BCUT2D eigenvalue weighted by atomic mass is 32.1. The molecule has 1 N–H and O–H groups in total. The minimum Gasteiger partial charge on any atom is -0.357 e. The zero-order valence-electron chi connectivity index (χ0n) is 14.4. The number of nitrogens with zero attached hydrogens (tertiary/aromatic N) is 3. The normalized spacial score (nSPS) is 16.9. The third-order valence-electron chi connectivity index (χ3n) is 4.23. The van der Waals surface area contributed by atoms with Gasteiger partial charge in [0.25, 0.3) is 0 Å². The lowest BCUT2D eigenvalue weighted by Gasteiger charge is -2.25. The van der Waals surface area contributed by atoms with E-state index in [0.29, 0.717) is 6.04 Å². The second kappa shape index (κ2) is 8.53. The van der Waals surface area contributed by atoms with Crippen molar-refractivity contribution < 1.29 is 0 Å². The minimum atomic E-state index is 0.583. The van der Waals surface area contributed by atoms with E-state index in [0.717, 1.165) is 37.9 Å². The summed E-state index contributed by atoms with van der Waals surface area (Å²) in [6, 6.07) is 4.91. The molecule has 1 aromatic heterocycles. The van der Waals surface area contributed by atoms with E-state index in [1.807, 2.05) is 11.3 Å². The molecule has 2 rings (SSSR count). The molecule has 124 valence electrons. The molecule has 0 spiro atoms. The fourth-order valence-corrected chi connectivity index (χ4v) is 3.40. The van der Waals surface area contributed by atoms with Gasteiger partial charge in [0.05, 0.1) is 6.54 Å². The van der Waals surface area contributed by atoms with Crippen LogP contribution in [0, 0.1) is 5.92 Å². The van der Waals surface area contributed by atoms with Gasteiger partial charge in [-0.3, -0.25) is 4.99 Å². The van der Waals surface area contributed by atoms with Gasteiger partial charge >= 0.3 is 0 Å². The van der Waals surface area contributed by atoms with Crippen molar-refractivity contribution in [2.75, 3.05) is 40.8 Å². The van der Waals surface area contributed by atoms with Gasteiger partial charge in [0.1, 0.15) is 0 Å². The van der Waals surface area contributed by atoms with Crippen LogP contribution in [0.25, 0.3) is 0 Å². The van der Waals surface area contributed by atoms with Crippen LogP contribution in [0.2, 0.25) is 0 Å². The maximum absolute atomic E-state index is 4.89. The van der Waals surface area contributed by atoms with Crippen molar-refractivity contribution in [2.24, 2.45) is 10.9 Å². The third kappa shape index (κ3) is 5.29. The molecule has 0 amide bonds. The lowest BCUT2D eigenvalue weighted by molar-refractivity contribution is 0.270. The molecule has 0 bridgehead atoms. The molecule has 0 saturated heterocycles. The molecule has 1 unspecified atom stereocenters. The van der Waals surface area contributed by atoms with E-state index in [1.165, 1.54) is 17.7 Å². The Labute approximate surface area is 139 Å². The Morgan fingerprint density at radius 3 is 2.73 bits per heavy atom. The standard InChI is InChI=1S/C17H30N4S/c1-5-18-17(19-13-16(20(2)3)14-8-9-14)21(4)11-10-15-7-6-12-22-15/h6-7,12,14,16H,5,8-11,13H2,1-4H3,(H,18,19). The number of thiophene rings is 1. The van der Waals surface area contributed by atoms with Crippen molar-refractivity contribution in [3.63, 3.8) is 0 Å². The molecule has 5 heteroatoms. The average molecular weight is 323 g/mol. The van der Waals surface area contributed by atoms with Crippen LogP contribution in [0.1, 0.15) is 24.6 Å². The lowest BCUT2D eigenvalue weighted by atomic mass is 10.2. The Hall–Kier alpha value is -1.07. The molecule has 1 aromatic rings. The largest absolute Gasteiger partial charge is 0.357 e. The molecule has 1 aliphatic carbocycles. The van der Waals surface area contributed by atoms with Gasteiger partial charge in [-0.25, -0.2) is 0 Å². The van der Waals surface area contributed by atoms with Gasteiger partial charge in [0.2, 0.25) is 0 Å². The molecule has 22 heavy (non-hydrogen) atoms. The van der Waals surface area contributed by atoms with Gasteiger partial charge in [-0.15, -0.1) is 11.3 Å². The molecular formula is C17H30N4S. The molecule has 0 aliphatic heterocycles. The first-order valence-electron chi connectivity index (χ1n) is 8.30. The predicted octanol–water partition coefficient (Wildman–Crippen LogP) is 2.53. The lowest BCUT2D eigenvalue weighted by Crippen LogP contribution is -2.41. The maximum Gasteiger partial charge on any atom is 0.193 e. The van der Waals surface area contributed by atoms with Crippen LogP contribution >= 0.6 is 11.3 Å². The van der Waals surface area contributed by atoms with Crippen LogP contribution in [0.3, 0.4) is 0 Å². The van der Waals surface area contributed by atoms with Crippen molar-refractivity contribution in [1.82, 2.24) is 15.1 Å². The van der Waals surface area contributed by atoms with Crippen molar-refractivity contribution in [3.8, 4) is 0 Å². The van der Waals surface area contributed by atoms with Crippen LogP contribution in [-0.2, 0) is 6.42 Å². The SMILES string of the molecule is CCNC(=NCC(C1CC1)N(C)C)N(C)CCc1cccs1. The number of nitrogens with one attached hydrogen (secondary N) is 1. The number of hydrogen-bond acceptors (Lipinski definition) is 3. The Morgan fingerprint density at radius 1 is 1.41 bits per heavy atom. The number of hydrogen-bond donors (Lipinski definition) is 1. The van der Waals surface area contributed by atoms with Gasteiger partial charge in [-0.2, -0.15) is 0 Å². The Balaban J connectivity index is 1.90. The van der Waals surface area contributed by atoms with Gasteiger partial charge in [-0.05, 0) is 57.6 Å². The van der Waals surface area contributed by atoms with E-state index in [4.69, 9.17) is 4.99 Å². The van der Waals surface area contributed by atoms with Crippen LogP contribution in [0.4, 0.5) is 0 Å². The zero-order valence-corrected chi connectivity index (χ0v) is 15.2. The monoisotopic (exact) mass is 322 g/mol. The van der Waals surface area contributed by atoms with Crippen LogP contribution in [-0.4, -0.2) is 62.6 Å². The first-order valence-corrected chi connectivity index (χ1v) is 9.18. The molecule has 1 atom stereocenters. The highest BCUT2D eigenvalue weighted by Crippen LogP contribution is 2.34. The average Bonchev–Trinajstić information content (AvgIpc) is 3.18. The fourth-order valence-electron chi connectivity index (χ4n) is 2.70. The highest BCUT2D eigenvalue weighted by molar-refractivity contribution is 7.09. The molecule has 1 fully saturated rings. The zero-order chi connectivity index (χ0) is 15.9. The topological polar surface area (TPSA) is 30.9 Å². The van der Waals surface area contributed by atoms with Crippen molar-refractivity contribution in [3.05, 3.63) is 22.4 Å². The first kappa shape index (κ1) is 17.3. The van der Waals surface area contributed by atoms with E-state index >= 15 is 0 Å². The Kier molecular flexibility index (Phi) is 6.70. The van der Waals surface area contributed by atoms with E-state index in [-0.39, 0.29) is 0 Å². The van der Waals surface area contributed by atoms with Gasteiger partial charge in [-0.1, -0.05) is 6.07 Å². The summed E-state index contributed by atoms with van der Waals surface area (Å²) in [4.78, 5) is 10.9. The first-order chi connectivity index (χ1) is 10.6. The third-order valence-corrected chi connectivity index (χ3v) is 5.16. The maximum atomic E-state index is 4.89. The predicted molar refractivity (Wildman–Crippen MR) is 96.8 cm³/mol. The van der Waals surface area contributed by atoms with Gasteiger partial charge in [0.15, 0.2) is 5.96 Å². The summed E-state index contributed by atoms with van der Waals surface area (Å²) in [6.07, 6.45) is 3.81. The van der Waals surface area contributed by atoms with E-state index < -0.39 is 0 Å². The van der Waals surface area contributed by atoms with Crippen molar-refractivity contribution in [1.29, 1.82) is 0 Å². The van der Waals surface area contributed by atoms with E-state index in [2.05, 4.69) is 60.7 Å². The molecular weight excluding hydrogens is 292 g/mol. The summed E-state index contributed by atoms with van der Waals surface area (Å²) in [5.74, 6) is 1.88. The summed E-state index contributed by atoms with van der Waals surface area (Å²) >= 11 is 1.83. The summed E-state index contributed by atoms with van der Waals surface area (Å²) in [5.41, 5.74) is 0. The highest BCUT2D eigenvalue weighted by Gasteiger charge is 2.32. The summed E-state index contributed by atoms with van der Waals surface area (Å²) in [6.45, 7) is 4.94. The molecule has 0 aromatic carbocycles. The van der Waals surface area contributed by atoms with Crippen LogP contribution < -0.4 is 5.32 Å². The molecule has 1 aliphatic rings. The Morgan fingerprint density at radius 2 is 2.18 bits per heavy atom. The van der Waals surface area contributed by atoms with E-state index in [1.54, 1.807) is 0 Å². The smallest absolute Gasteiger partial charge is 0.193 e. The van der Waals surface area contributed by atoms with Gasteiger partial charge < -0.3 is 15.1 Å². The van der Waals surface area contributed by atoms with Crippen LogP contribution in [0.5, 0.6) is 0 Å². The second-order valence-corrected chi connectivity index (χ2v) is 7.35. The summed E-state index contributed by atoms with van der Waals surface area (Å²) in [7, 11) is 6.48. The van der Waals surface area contributed by atoms with E-state index in [9.17, 15) is 0 Å². The second-order valence-electron chi connectivity index (χ2n) is 6.31. The molecule has 4 nitrogen and oxygen atoms in total. The van der Waals surface area contributed by atoms with Crippen LogP contribution in [0.15, 0.2) is 22.5 Å². The molecule has 1 heterocycles. The van der Waals surface area contributed by atoms with Crippen molar-refractivity contribution in [2.45, 2.75) is 32.2 Å². The number of likely N-dealkylation sites (N-methyl/N-ethyl adjacent to an activating group) is 2. The summed E-state index contributed by atoms with van der Waals surface area (Å²) in [5, 5.41) is 5.57. The number of guanidine groups is 1. The van der Waals surface area contributed by atoms with Crippen molar-refractivity contribution >= 4 is 17.3 Å². The molecule has 0 radical (unpaired) electrons. The van der Waals surface area contributed by atoms with Gasteiger partial charge in [0, 0.05) is 31.1 Å². The quantitative estimate of drug-likeness (QED) is 0.589. The Bertz CT molecular complexity index is 449. The number of rotatable bonds is 8.